The van der Waals surface area contributed by atoms with Crippen LogP contribution in [0.4, 0.5) is 5.13 Å². The number of amides is 1. The number of carbonyl (C=O) groups is 2. The van der Waals surface area contributed by atoms with Gasteiger partial charge in [0.1, 0.15) is 12.4 Å². The number of nitrogens with zero attached hydrogens (tertiary/aromatic N) is 3. The van der Waals surface area contributed by atoms with Crippen LogP contribution in [0, 0.1) is 0 Å². The molecule has 6 rings (SSSR count). The van der Waals surface area contributed by atoms with Crippen molar-refractivity contribution >= 4 is 62.5 Å². The van der Waals surface area contributed by atoms with E-state index in [1.807, 2.05) is 24.3 Å². The highest BCUT2D eigenvalue weighted by Crippen LogP contribution is 2.45. The monoisotopic (exact) mass is 645 g/mol. The number of halogens is 1. The standard InChI is InChI=1S/C32H24ClN3O6S2/c1-3-15-41-21-13-11-18(12-14-21)26-25(27(37)24-16-19-8-6-10-23(40-2)29(19)42-24)28(38)30(39)36(26)31-34-35-32(44-31)43-17-20-7-4-5-9-22(20)33/h3-14,16,26,38H,1,15,17H2,2H3. The molecule has 1 amide bonds. The Morgan fingerprint density at radius 2 is 1.95 bits per heavy atom. The number of ether oxygens (including phenoxy) is 2. The van der Waals surface area contributed by atoms with Crippen molar-refractivity contribution in [3.8, 4) is 11.5 Å². The third-order valence-electron chi connectivity index (χ3n) is 6.88. The number of para-hydroxylation sites is 1. The summed E-state index contributed by atoms with van der Waals surface area (Å²) in [5.41, 5.74) is 1.71. The lowest BCUT2D eigenvalue weighted by atomic mass is 9.95. The van der Waals surface area contributed by atoms with Gasteiger partial charge in [-0.05, 0) is 41.5 Å². The van der Waals surface area contributed by atoms with Crippen LogP contribution in [-0.4, -0.2) is 40.7 Å². The Balaban J connectivity index is 1.37. The fraction of sp³-hybridized carbons (Fsp3) is 0.125. The number of hydrogen-bond donors (Lipinski definition) is 1. The predicted octanol–water partition coefficient (Wildman–Crippen LogP) is 7.59. The average Bonchev–Trinajstić information content (AvgIpc) is 3.76. The lowest BCUT2D eigenvalue weighted by molar-refractivity contribution is -0.117. The topological polar surface area (TPSA) is 115 Å². The van der Waals surface area contributed by atoms with Gasteiger partial charge < -0.3 is 19.0 Å². The molecule has 5 aromatic rings. The summed E-state index contributed by atoms with van der Waals surface area (Å²) in [6.45, 7) is 3.97. The van der Waals surface area contributed by atoms with Gasteiger partial charge in [0, 0.05) is 16.2 Å². The average molecular weight is 646 g/mol. The van der Waals surface area contributed by atoms with Crippen molar-refractivity contribution in [2.24, 2.45) is 0 Å². The first-order chi connectivity index (χ1) is 21.4. The number of furan rings is 1. The number of thioether (sulfide) groups is 1. The number of Topliss-reactive ketones (excluding diaryl/α,β-unsaturated/α-hetero) is 1. The Hall–Kier alpha value is -4.58. The molecule has 1 N–H and O–H groups in total. The molecular formula is C32H24ClN3O6S2. The first-order valence-electron chi connectivity index (χ1n) is 13.3. The molecule has 0 saturated carbocycles. The van der Waals surface area contributed by atoms with Gasteiger partial charge in [-0.1, -0.05) is 89.8 Å². The molecule has 222 valence electrons. The molecule has 3 heterocycles. The van der Waals surface area contributed by atoms with E-state index in [0.717, 1.165) is 5.56 Å². The number of hydrogen-bond acceptors (Lipinski definition) is 10. The van der Waals surface area contributed by atoms with Crippen molar-refractivity contribution in [2.75, 3.05) is 18.6 Å². The molecule has 1 unspecified atom stereocenters. The van der Waals surface area contributed by atoms with Crippen molar-refractivity contribution in [3.63, 3.8) is 0 Å². The largest absolute Gasteiger partial charge is 0.503 e. The number of aliphatic hydroxyl groups excluding tert-OH is 1. The highest BCUT2D eigenvalue weighted by molar-refractivity contribution is 8.00. The molecule has 0 fully saturated rings. The number of methoxy groups -OCH3 is 1. The maximum atomic E-state index is 14.0. The third-order valence-corrected chi connectivity index (χ3v) is 9.35. The number of aromatic nitrogens is 2. The van der Waals surface area contributed by atoms with E-state index < -0.39 is 23.5 Å². The van der Waals surface area contributed by atoms with E-state index in [1.165, 1.54) is 35.1 Å². The predicted molar refractivity (Wildman–Crippen MR) is 170 cm³/mol. The molecule has 1 atom stereocenters. The summed E-state index contributed by atoms with van der Waals surface area (Å²) in [6.07, 6.45) is 1.63. The second kappa shape index (κ2) is 12.6. The van der Waals surface area contributed by atoms with Gasteiger partial charge in [0.05, 0.1) is 18.7 Å². The number of benzene rings is 3. The van der Waals surface area contributed by atoms with Crippen molar-refractivity contribution in [3.05, 3.63) is 119 Å². The number of fused-ring (bicyclic) bond motifs is 1. The van der Waals surface area contributed by atoms with E-state index in [9.17, 15) is 14.7 Å². The van der Waals surface area contributed by atoms with E-state index in [2.05, 4.69) is 16.8 Å². The Labute approximate surface area is 265 Å². The van der Waals surface area contributed by atoms with Crippen LogP contribution in [0.5, 0.6) is 11.5 Å². The molecule has 3 aromatic carbocycles. The van der Waals surface area contributed by atoms with Crippen molar-refractivity contribution < 1.29 is 28.6 Å². The summed E-state index contributed by atoms with van der Waals surface area (Å²) < 4.78 is 17.5. The van der Waals surface area contributed by atoms with E-state index in [0.29, 0.717) is 49.8 Å². The Morgan fingerprint density at radius 3 is 2.70 bits per heavy atom. The quantitative estimate of drug-likeness (QED) is 0.0671. The van der Waals surface area contributed by atoms with Crippen LogP contribution in [0.2, 0.25) is 5.02 Å². The van der Waals surface area contributed by atoms with Gasteiger partial charge in [0.15, 0.2) is 27.2 Å². The Morgan fingerprint density at radius 1 is 1.16 bits per heavy atom. The summed E-state index contributed by atoms with van der Waals surface area (Å²) in [4.78, 5) is 28.9. The highest BCUT2D eigenvalue weighted by Gasteiger charge is 2.47. The number of anilines is 1. The van der Waals surface area contributed by atoms with Crippen LogP contribution in [-0.2, 0) is 10.5 Å². The minimum Gasteiger partial charge on any atom is -0.503 e. The van der Waals surface area contributed by atoms with Gasteiger partial charge in [-0.2, -0.15) is 0 Å². The van der Waals surface area contributed by atoms with E-state index in [1.54, 1.807) is 54.6 Å². The van der Waals surface area contributed by atoms with Crippen LogP contribution in [0.1, 0.15) is 27.7 Å². The number of rotatable bonds is 11. The molecule has 1 aliphatic rings. The summed E-state index contributed by atoms with van der Waals surface area (Å²) in [6, 6.07) is 20.2. The van der Waals surface area contributed by atoms with Crippen LogP contribution in [0.25, 0.3) is 11.0 Å². The molecule has 0 bridgehead atoms. The molecule has 9 nitrogen and oxygen atoms in total. The van der Waals surface area contributed by atoms with E-state index >= 15 is 0 Å². The normalized spacial score (nSPS) is 14.8. The second-order valence-corrected chi connectivity index (χ2v) is 12.1. The van der Waals surface area contributed by atoms with Crippen molar-refractivity contribution in [1.82, 2.24) is 10.2 Å². The SMILES string of the molecule is C=CCOc1ccc(C2C(C(=O)c3cc4cccc(OC)c4o3)=C(O)C(=O)N2c2nnc(SCc3ccccc3Cl)s2)cc1. The van der Waals surface area contributed by atoms with Crippen LogP contribution < -0.4 is 14.4 Å². The van der Waals surface area contributed by atoms with Crippen LogP contribution >= 0.6 is 34.7 Å². The van der Waals surface area contributed by atoms with Crippen LogP contribution in [0.15, 0.2) is 106 Å². The highest BCUT2D eigenvalue weighted by atomic mass is 35.5. The maximum absolute atomic E-state index is 14.0. The molecule has 1 aliphatic heterocycles. The molecule has 44 heavy (non-hydrogen) atoms. The minimum absolute atomic E-state index is 0.0510. The number of aliphatic hydroxyl groups is 1. The fourth-order valence-corrected chi connectivity index (χ4v) is 6.96. The van der Waals surface area contributed by atoms with Gasteiger partial charge in [-0.3, -0.25) is 14.5 Å². The van der Waals surface area contributed by atoms with Crippen molar-refractivity contribution in [1.29, 1.82) is 0 Å². The zero-order valence-corrected chi connectivity index (χ0v) is 25.6. The molecule has 12 heteroatoms. The van der Waals surface area contributed by atoms with Gasteiger partial charge >= 0.3 is 0 Å². The lowest BCUT2D eigenvalue weighted by Gasteiger charge is -2.24. The first-order valence-corrected chi connectivity index (χ1v) is 15.5. The summed E-state index contributed by atoms with van der Waals surface area (Å²) in [5, 5.41) is 21.2. The summed E-state index contributed by atoms with van der Waals surface area (Å²) in [5.74, 6) is -0.606. The molecule has 0 spiro atoms. The molecule has 2 aromatic heterocycles. The first kappa shape index (κ1) is 29.5. The van der Waals surface area contributed by atoms with Crippen LogP contribution in [0.3, 0.4) is 0 Å². The van der Waals surface area contributed by atoms with E-state index in [-0.39, 0.29) is 16.5 Å². The van der Waals surface area contributed by atoms with E-state index in [4.69, 9.17) is 25.5 Å². The second-order valence-electron chi connectivity index (χ2n) is 9.56. The zero-order valence-electron chi connectivity index (χ0n) is 23.2. The van der Waals surface area contributed by atoms with Crippen molar-refractivity contribution in [2.45, 2.75) is 16.1 Å². The third kappa shape index (κ3) is 5.57. The minimum atomic E-state index is -1.02. The fourth-order valence-electron chi connectivity index (χ4n) is 4.81. The van der Waals surface area contributed by atoms with Gasteiger partial charge in [0.25, 0.3) is 5.91 Å². The molecule has 0 aliphatic carbocycles. The van der Waals surface area contributed by atoms with Gasteiger partial charge in [0.2, 0.25) is 10.9 Å². The maximum Gasteiger partial charge on any atom is 0.296 e. The summed E-state index contributed by atoms with van der Waals surface area (Å²) in [7, 11) is 1.50. The lowest BCUT2D eigenvalue weighted by Crippen LogP contribution is -2.31. The molecular weight excluding hydrogens is 622 g/mol. The zero-order chi connectivity index (χ0) is 30.8. The Bertz CT molecular complexity index is 1920. The molecule has 0 saturated heterocycles. The smallest absolute Gasteiger partial charge is 0.296 e. The Kier molecular flexibility index (Phi) is 8.42. The van der Waals surface area contributed by atoms with Gasteiger partial charge in [-0.25, -0.2) is 0 Å². The number of ketones is 1. The molecule has 0 radical (unpaired) electrons. The van der Waals surface area contributed by atoms with Gasteiger partial charge in [-0.15, -0.1) is 10.2 Å². The number of carbonyl (C=O) groups excluding carboxylic acids is 2. The summed E-state index contributed by atoms with van der Waals surface area (Å²) >= 11 is 8.89.